The second kappa shape index (κ2) is 6.32. The van der Waals surface area contributed by atoms with E-state index in [1.54, 1.807) is 24.1 Å². The van der Waals surface area contributed by atoms with E-state index in [0.717, 1.165) is 6.42 Å². The summed E-state index contributed by atoms with van der Waals surface area (Å²) in [5.74, 6) is -0.268. The Hall–Kier alpha value is -0.900. The van der Waals surface area contributed by atoms with Crippen molar-refractivity contribution in [2.24, 2.45) is 5.92 Å². The fraction of sp³-hybridized carbons (Fsp3) is 0.500. The van der Waals surface area contributed by atoms with Gasteiger partial charge in [0, 0.05) is 13.1 Å². The predicted octanol–water partition coefficient (Wildman–Crippen LogP) is 4.09. The largest absolute Gasteiger partial charge is 0.339 e. The smallest absolute Gasteiger partial charge is 0.256 e. The number of halogens is 2. The lowest BCUT2D eigenvalue weighted by atomic mass is 10.0. The van der Waals surface area contributed by atoms with Gasteiger partial charge in [0.25, 0.3) is 5.91 Å². The summed E-state index contributed by atoms with van der Waals surface area (Å²) < 4.78 is 14.2. The van der Waals surface area contributed by atoms with Crippen LogP contribution in [0.15, 0.2) is 22.7 Å². The number of carbonyl (C=O) groups is 1. The number of rotatable bonds is 4. The highest BCUT2D eigenvalue weighted by atomic mass is 79.9. The van der Waals surface area contributed by atoms with Crippen LogP contribution in [0.3, 0.4) is 0 Å². The number of hydrogen-bond acceptors (Lipinski definition) is 1. The van der Waals surface area contributed by atoms with E-state index >= 15 is 0 Å². The quantitative estimate of drug-likeness (QED) is 0.819. The molecular weight excluding hydrogens is 297 g/mol. The fourth-order valence-electron chi connectivity index (χ4n) is 1.90. The van der Waals surface area contributed by atoms with E-state index in [1.807, 2.05) is 6.92 Å². The van der Waals surface area contributed by atoms with E-state index in [-0.39, 0.29) is 17.5 Å². The van der Waals surface area contributed by atoms with Gasteiger partial charge in [0.2, 0.25) is 0 Å². The van der Waals surface area contributed by atoms with Crippen molar-refractivity contribution < 1.29 is 9.18 Å². The Labute approximate surface area is 116 Å². The minimum absolute atomic E-state index is 0.0934. The van der Waals surface area contributed by atoms with Gasteiger partial charge >= 0.3 is 0 Å². The van der Waals surface area contributed by atoms with Gasteiger partial charge in [-0.3, -0.25) is 4.79 Å². The molecule has 1 unspecified atom stereocenters. The maximum Gasteiger partial charge on any atom is 0.256 e. The van der Waals surface area contributed by atoms with Crippen molar-refractivity contribution in [2.75, 3.05) is 7.05 Å². The molecular formula is C14H19BrFNO. The van der Waals surface area contributed by atoms with Crippen LogP contribution in [-0.4, -0.2) is 23.9 Å². The first-order chi connectivity index (χ1) is 8.34. The lowest BCUT2D eigenvalue weighted by Crippen LogP contribution is -2.36. The zero-order valence-electron chi connectivity index (χ0n) is 11.2. The molecule has 0 saturated heterocycles. The number of carbonyl (C=O) groups excluding carboxylic acids is 1. The van der Waals surface area contributed by atoms with Gasteiger partial charge < -0.3 is 4.90 Å². The zero-order valence-corrected chi connectivity index (χ0v) is 12.8. The minimum Gasteiger partial charge on any atom is -0.339 e. The molecule has 4 heteroatoms. The van der Waals surface area contributed by atoms with Crippen molar-refractivity contribution in [3.8, 4) is 0 Å². The molecule has 18 heavy (non-hydrogen) atoms. The number of nitrogens with zero attached hydrogens (tertiary/aromatic N) is 1. The third kappa shape index (κ3) is 3.55. The molecule has 2 nitrogen and oxygen atoms in total. The van der Waals surface area contributed by atoms with Crippen molar-refractivity contribution in [3.63, 3.8) is 0 Å². The van der Waals surface area contributed by atoms with Gasteiger partial charge in [-0.15, -0.1) is 0 Å². The molecule has 1 amide bonds. The Morgan fingerprint density at radius 3 is 2.56 bits per heavy atom. The van der Waals surface area contributed by atoms with Crippen LogP contribution in [0.2, 0.25) is 0 Å². The SMILES string of the molecule is CC(C)CC(C)N(C)C(=O)c1cccc(Br)c1F. The van der Waals surface area contributed by atoms with Gasteiger partial charge in [0.05, 0.1) is 10.0 Å². The Morgan fingerprint density at radius 2 is 2.00 bits per heavy atom. The van der Waals surface area contributed by atoms with Crippen LogP contribution in [0.1, 0.15) is 37.6 Å². The van der Waals surface area contributed by atoms with Crippen LogP contribution in [-0.2, 0) is 0 Å². The summed E-state index contributed by atoms with van der Waals surface area (Å²) in [7, 11) is 1.72. The first kappa shape index (κ1) is 15.2. The third-order valence-electron chi connectivity index (χ3n) is 2.98. The lowest BCUT2D eigenvalue weighted by Gasteiger charge is -2.26. The first-order valence-electron chi connectivity index (χ1n) is 6.05. The highest BCUT2D eigenvalue weighted by molar-refractivity contribution is 9.10. The van der Waals surface area contributed by atoms with Gasteiger partial charge in [-0.25, -0.2) is 4.39 Å². The topological polar surface area (TPSA) is 20.3 Å². The zero-order chi connectivity index (χ0) is 13.9. The average Bonchev–Trinajstić information content (AvgIpc) is 2.30. The molecule has 0 heterocycles. The van der Waals surface area contributed by atoms with Crippen molar-refractivity contribution in [1.29, 1.82) is 0 Å². The molecule has 0 spiro atoms. The van der Waals surface area contributed by atoms with E-state index in [9.17, 15) is 9.18 Å². The summed E-state index contributed by atoms with van der Waals surface area (Å²) in [5, 5.41) is 0. The van der Waals surface area contributed by atoms with Gasteiger partial charge in [-0.1, -0.05) is 19.9 Å². The highest BCUT2D eigenvalue weighted by Crippen LogP contribution is 2.21. The Kier molecular flexibility index (Phi) is 5.32. The molecule has 1 aromatic carbocycles. The molecule has 1 rings (SSSR count). The monoisotopic (exact) mass is 315 g/mol. The predicted molar refractivity (Wildman–Crippen MR) is 75.1 cm³/mol. The lowest BCUT2D eigenvalue weighted by molar-refractivity contribution is 0.0723. The fourth-order valence-corrected chi connectivity index (χ4v) is 2.27. The normalized spacial score (nSPS) is 12.6. The van der Waals surface area contributed by atoms with Crippen LogP contribution in [0.5, 0.6) is 0 Å². The Bertz CT molecular complexity index is 434. The highest BCUT2D eigenvalue weighted by Gasteiger charge is 2.21. The van der Waals surface area contributed by atoms with Crippen molar-refractivity contribution >= 4 is 21.8 Å². The molecule has 0 aliphatic carbocycles. The van der Waals surface area contributed by atoms with Gasteiger partial charge in [0.1, 0.15) is 5.82 Å². The van der Waals surface area contributed by atoms with Crippen LogP contribution >= 0.6 is 15.9 Å². The van der Waals surface area contributed by atoms with E-state index in [2.05, 4.69) is 29.8 Å². The van der Waals surface area contributed by atoms with Crippen molar-refractivity contribution in [3.05, 3.63) is 34.1 Å². The molecule has 1 aromatic rings. The van der Waals surface area contributed by atoms with E-state index < -0.39 is 5.82 Å². The molecule has 0 radical (unpaired) electrons. The van der Waals surface area contributed by atoms with Crippen LogP contribution in [0, 0.1) is 11.7 Å². The number of amides is 1. The average molecular weight is 316 g/mol. The van der Waals surface area contributed by atoms with E-state index in [0.29, 0.717) is 10.4 Å². The summed E-state index contributed by atoms with van der Waals surface area (Å²) in [6.07, 6.45) is 0.901. The maximum atomic E-state index is 13.8. The number of hydrogen-bond donors (Lipinski definition) is 0. The molecule has 0 aliphatic rings. The van der Waals surface area contributed by atoms with Crippen molar-refractivity contribution in [1.82, 2.24) is 4.90 Å². The third-order valence-corrected chi connectivity index (χ3v) is 3.59. The number of benzene rings is 1. The first-order valence-corrected chi connectivity index (χ1v) is 6.85. The van der Waals surface area contributed by atoms with E-state index in [1.165, 1.54) is 6.07 Å². The molecule has 100 valence electrons. The standard InChI is InChI=1S/C14H19BrFNO/c1-9(2)8-10(3)17(4)14(18)11-6-5-7-12(15)13(11)16/h5-7,9-10H,8H2,1-4H3. The summed E-state index contributed by atoms with van der Waals surface area (Å²) in [6, 6.07) is 4.86. The second-order valence-corrected chi connectivity index (χ2v) is 5.85. The molecule has 1 atom stereocenters. The maximum absolute atomic E-state index is 13.8. The molecule has 0 aliphatic heterocycles. The van der Waals surface area contributed by atoms with Crippen LogP contribution < -0.4 is 0 Å². The van der Waals surface area contributed by atoms with Gasteiger partial charge in [-0.05, 0) is 47.3 Å². The van der Waals surface area contributed by atoms with Crippen LogP contribution in [0.25, 0.3) is 0 Å². The van der Waals surface area contributed by atoms with Crippen molar-refractivity contribution in [2.45, 2.75) is 33.2 Å². The summed E-state index contributed by atoms with van der Waals surface area (Å²) in [5.41, 5.74) is 0.113. The van der Waals surface area contributed by atoms with Gasteiger partial charge in [0.15, 0.2) is 0 Å². The summed E-state index contributed by atoms with van der Waals surface area (Å²) in [6.45, 7) is 6.19. The molecule has 0 aromatic heterocycles. The minimum atomic E-state index is -0.494. The Balaban J connectivity index is 2.90. The molecule has 0 bridgehead atoms. The molecule has 0 N–H and O–H groups in total. The van der Waals surface area contributed by atoms with E-state index in [4.69, 9.17) is 0 Å². The van der Waals surface area contributed by atoms with Crippen LogP contribution in [0.4, 0.5) is 4.39 Å². The Morgan fingerprint density at radius 1 is 1.39 bits per heavy atom. The summed E-state index contributed by atoms with van der Waals surface area (Å²) >= 11 is 3.10. The van der Waals surface area contributed by atoms with Gasteiger partial charge in [-0.2, -0.15) is 0 Å². The summed E-state index contributed by atoms with van der Waals surface area (Å²) in [4.78, 5) is 13.8. The molecule has 0 fully saturated rings. The molecule has 0 saturated carbocycles. The second-order valence-electron chi connectivity index (χ2n) is 5.00.